The van der Waals surface area contributed by atoms with E-state index in [9.17, 15) is 65.8 Å². The van der Waals surface area contributed by atoms with Crippen LogP contribution < -0.4 is 9.47 Å². The van der Waals surface area contributed by atoms with Gasteiger partial charge >= 0.3 is 11.9 Å². The Hall–Kier alpha value is -5.36. The van der Waals surface area contributed by atoms with Crippen LogP contribution in [0.25, 0.3) is 0 Å². The Morgan fingerprint density at radius 1 is 0.889 bits per heavy atom. The van der Waals surface area contributed by atoms with Crippen LogP contribution in [0.5, 0.6) is 51.7 Å². The summed E-state index contributed by atoms with van der Waals surface area (Å²) in [5.74, 6) is -12.6. The van der Waals surface area contributed by atoms with Crippen molar-refractivity contribution in [3.05, 3.63) is 52.6 Å². The first-order chi connectivity index (χ1) is 21.1. The lowest BCUT2D eigenvalue weighted by atomic mass is 9.82. The number of aliphatic hydroxyl groups excluding tert-OH is 2. The first kappa shape index (κ1) is 29.7. The molecule has 0 radical (unpaired) electrons. The third kappa shape index (κ3) is 4.09. The third-order valence-corrected chi connectivity index (χ3v) is 7.89. The van der Waals surface area contributed by atoms with Gasteiger partial charge in [0.15, 0.2) is 46.7 Å². The van der Waals surface area contributed by atoms with Crippen molar-refractivity contribution in [3.63, 3.8) is 0 Å². The summed E-state index contributed by atoms with van der Waals surface area (Å²) >= 11 is 0. The molecule has 0 spiro atoms. The van der Waals surface area contributed by atoms with E-state index in [4.69, 9.17) is 18.9 Å². The number of hydrogen-bond donors (Lipinski definition) is 11. The first-order valence-electron chi connectivity index (χ1n) is 13.0. The SMILES string of the molecule is O=C(O[C@@H]1Cc2c(O)cc3c(c2O[C@@H]1c1cc(O)c(O)c(O)c1)[C@@]1(O)C(=O)O[C@H]([C@@H](O)CO)C1(O)O3)c1cc(O)c(O)c(O)c1. The summed E-state index contributed by atoms with van der Waals surface area (Å²) in [6.07, 6.45) is -7.51. The van der Waals surface area contributed by atoms with Gasteiger partial charge in [-0.25, -0.2) is 9.59 Å². The molecule has 45 heavy (non-hydrogen) atoms. The summed E-state index contributed by atoms with van der Waals surface area (Å²) in [6.45, 7) is -1.02. The lowest BCUT2D eigenvalue weighted by Gasteiger charge is -2.36. The molecule has 0 aliphatic carbocycles. The largest absolute Gasteiger partial charge is 0.507 e. The minimum atomic E-state index is -3.10. The zero-order chi connectivity index (χ0) is 32.7. The fraction of sp³-hybridized carbons (Fsp3) is 0.286. The van der Waals surface area contributed by atoms with E-state index in [1.165, 1.54) is 0 Å². The second-order valence-corrected chi connectivity index (χ2v) is 10.6. The highest BCUT2D eigenvalue weighted by Gasteiger charge is 2.77. The number of carbonyl (C=O) groups is 2. The van der Waals surface area contributed by atoms with E-state index in [0.717, 1.165) is 30.3 Å². The average molecular weight is 632 g/mol. The standard InChI is InChI=1S/C28H24O17/c29-7-16(35)24-28(41)27(40,26(39)44-24)19-17(45-28)6-11(30)10-5-18(42-25(38)9-3-14(33)21(37)15(34)4-9)22(43-23(10)19)8-1-12(31)20(36)13(32)2-8/h1-4,6,16,18,22,24,29-37,40-41H,5,7H2/t16-,18+,22+,24+,27+,28?/m0/s1. The van der Waals surface area contributed by atoms with Crippen LogP contribution in [0.1, 0.15) is 33.2 Å². The molecule has 17 heteroatoms. The Balaban J connectivity index is 1.48. The lowest BCUT2D eigenvalue weighted by Crippen LogP contribution is -2.59. The zero-order valence-corrected chi connectivity index (χ0v) is 22.5. The minimum absolute atomic E-state index is 0.163. The molecule has 17 nitrogen and oxygen atoms in total. The number of phenols is 7. The molecule has 3 aliphatic rings. The summed E-state index contributed by atoms with van der Waals surface area (Å²) < 4.78 is 22.0. The number of benzene rings is 3. The van der Waals surface area contributed by atoms with Gasteiger partial charge in [0.1, 0.15) is 29.5 Å². The molecule has 0 bridgehead atoms. The highest BCUT2D eigenvalue weighted by atomic mass is 16.7. The van der Waals surface area contributed by atoms with Crippen LogP contribution in [-0.2, 0) is 26.3 Å². The number of ether oxygens (including phenoxy) is 4. The van der Waals surface area contributed by atoms with Crippen LogP contribution in [0.4, 0.5) is 0 Å². The molecule has 0 saturated carbocycles. The third-order valence-electron chi connectivity index (χ3n) is 7.89. The van der Waals surface area contributed by atoms with Crippen molar-refractivity contribution < 1.29 is 84.7 Å². The number of hydrogen-bond acceptors (Lipinski definition) is 17. The smallest absolute Gasteiger partial charge is 0.351 e. The molecule has 3 aliphatic heterocycles. The molecule has 3 aromatic rings. The van der Waals surface area contributed by atoms with Crippen LogP contribution in [0, 0.1) is 0 Å². The summed E-state index contributed by atoms with van der Waals surface area (Å²) in [4.78, 5) is 26.1. The van der Waals surface area contributed by atoms with E-state index in [-0.39, 0.29) is 11.1 Å². The molecule has 0 amide bonds. The van der Waals surface area contributed by atoms with Gasteiger partial charge in [-0.05, 0) is 24.3 Å². The Kier molecular flexibility index (Phi) is 6.49. The molecule has 6 atom stereocenters. The van der Waals surface area contributed by atoms with Crippen molar-refractivity contribution in [1.82, 2.24) is 0 Å². The molecule has 0 aromatic heterocycles. The molecule has 1 saturated heterocycles. The number of fused-ring (bicyclic) bond motifs is 5. The van der Waals surface area contributed by atoms with E-state index in [2.05, 4.69) is 0 Å². The summed E-state index contributed by atoms with van der Waals surface area (Å²) in [7, 11) is 0. The summed E-state index contributed by atoms with van der Waals surface area (Å²) in [6, 6.07) is 4.30. The fourth-order valence-corrected chi connectivity index (χ4v) is 5.68. The van der Waals surface area contributed by atoms with Gasteiger partial charge in [-0.2, -0.15) is 0 Å². The van der Waals surface area contributed by atoms with Crippen molar-refractivity contribution >= 4 is 11.9 Å². The van der Waals surface area contributed by atoms with Crippen molar-refractivity contribution in [2.45, 2.75) is 42.2 Å². The summed E-state index contributed by atoms with van der Waals surface area (Å²) in [5, 5.41) is 113. The second-order valence-electron chi connectivity index (χ2n) is 10.6. The molecule has 11 N–H and O–H groups in total. The van der Waals surface area contributed by atoms with E-state index in [1.54, 1.807) is 0 Å². The van der Waals surface area contributed by atoms with Gasteiger partial charge in [0.05, 0.1) is 17.7 Å². The number of esters is 2. The van der Waals surface area contributed by atoms with Crippen LogP contribution in [0.3, 0.4) is 0 Å². The molecular formula is C28H24O17. The Labute approximate surface area is 250 Å². The van der Waals surface area contributed by atoms with Gasteiger partial charge in [-0.1, -0.05) is 0 Å². The highest BCUT2D eigenvalue weighted by Crippen LogP contribution is 2.61. The van der Waals surface area contributed by atoms with Crippen LogP contribution in [0.15, 0.2) is 30.3 Å². The monoisotopic (exact) mass is 632 g/mol. The fourth-order valence-electron chi connectivity index (χ4n) is 5.68. The van der Waals surface area contributed by atoms with Gasteiger partial charge in [0.25, 0.3) is 11.4 Å². The van der Waals surface area contributed by atoms with Crippen LogP contribution in [0.2, 0.25) is 0 Å². The highest BCUT2D eigenvalue weighted by molar-refractivity contribution is 5.92. The average Bonchev–Trinajstić information content (AvgIpc) is 3.34. The molecule has 3 aromatic carbocycles. The Morgan fingerprint density at radius 2 is 1.47 bits per heavy atom. The second kappa shape index (κ2) is 9.83. The van der Waals surface area contributed by atoms with Gasteiger partial charge in [-0.15, -0.1) is 0 Å². The van der Waals surface area contributed by atoms with Crippen LogP contribution >= 0.6 is 0 Å². The van der Waals surface area contributed by atoms with Gasteiger partial charge < -0.3 is 75.1 Å². The molecule has 1 unspecified atom stereocenters. The molecule has 6 rings (SSSR count). The van der Waals surface area contributed by atoms with E-state index < -0.39 is 124 Å². The molecule has 238 valence electrons. The molecular weight excluding hydrogens is 608 g/mol. The van der Waals surface area contributed by atoms with E-state index >= 15 is 0 Å². The zero-order valence-electron chi connectivity index (χ0n) is 22.5. The number of carbonyl (C=O) groups excluding carboxylic acids is 2. The number of phenolic OH excluding ortho intramolecular Hbond substituents is 7. The van der Waals surface area contributed by atoms with Gasteiger partial charge in [-0.3, -0.25) is 0 Å². The van der Waals surface area contributed by atoms with Crippen molar-refractivity contribution in [3.8, 4) is 51.7 Å². The van der Waals surface area contributed by atoms with Crippen LogP contribution in [-0.4, -0.2) is 98.8 Å². The number of aromatic hydroxyl groups is 7. The quantitative estimate of drug-likeness (QED) is 0.120. The number of cyclic esters (lactones) is 1. The van der Waals surface area contributed by atoms with Crippen molar-refractivity contribution in [2.75, 3.05) is 6.61 Å². The van der Waals surface area contributed by atoms with Gasteiger partial charge in [0, 0.05) is 23.6 Å². The maximum absolute atomic E-state index is 13.1. The molecule has 3 heterocycles. The Morgan fingerprint density at radius 3 is 2.04 bits per heavy atom. The lowest BCUT2D eigenvalue weighted by molar-refractivity contribution is -0.251. The van der Waals surface area contributed by atoms with Crippen molar-refractivity contribution in [2.24, 2.45) is 0 Å². The molecule has 1 fully saturated rings. The van der Waals surface area contributed by atoms with Crippen molar-refractivity contribution in [1.29, 1.82) is 0 Å². The Bertz CT molecular complexity index is 1720. The topological polar surface area (TPSA) is 294 Å². The van der Waals surface area contributed by atoms with E-state index in [1.807, 2.05) is 0 Å². The first-order valence-corrected chi connectivity index (χ1v) is 13.0. The predicted molar refractivity (Wildman–Crippen MR) is 140 cm³/mol. The summed E-state index contributed by atoms with van der Waals surface area (Å²) in [5.41, 5.74) is -4.51. The number of aliphatic hydroxyl groups is 4. The van der Waals surface area contributed by atoms with E-state index in [0.29, 0.717) is 0 Å². The predicted octanol–water partition coefficient (Wildman–Crippen LogP) is -0.925. The number of rotatable bonds is 5. The van der Waals surface area contributed by atoms with Gasteiger partial charge in [0.2, 0.25) is 0 Å². The maximum Gasteiger partial charge on any atom is 0.351 e. The maximum atomic E-state index is 13.1. The normalized spacial score (nSPS) is 26.9. The minimum Gasteiger partial charge on any atom is -0.507 e.